The summed E-state index contributed by atoms with van der Waals surface area (Å²) in [6.07, 6.45) is -20.0. The van der Waals surface area contributed by atoms with Gasteiger partial charge in [-0.3, -0.25) is 0 Å². The van der Waals surface area contributed by atoms with Crippen LogP contribution in [0, 0.1) is 0 Å². The lowest BCUT2D eigenvalue weighted by Gasteiger charge is -2.47. The molecule has 0 aromatic heterocycles. The maximum Gasteiger partial charge on any atom is 0.187 e. The fraction of sp³-hybridized carbons (Fsp3) is 1.00. The van der Waals surface area contributed by atoms with Gasteiger partial charge in [-0.15, -0.1) is 0 Å². The maximum absolute atomic E-state index is 10.5. The van der Waals surface area contributed by atoms with Crippen LogP contribution in [0.3, 0.4) is 0 Å². The summed E-state index contributed by atoms with van der Waals surface area (Å²) in [5.41, 5.74) is 0. The zero-order valence-corrected chi connectivity index (χ0v) is 16.4. The number of aliphatic hydroxyl groups excluding tert-OH is 8. The largest absolute Gasteiger partial charge is 0.388 e. The van der Waals surface area contributed by atoms with E-state index in [0.29, 0.717) is 0 Å². The Balaban J connectivity index is 1.76. The van der Waals surface area contributed by atoms with Crippen LogP contribution in [0.25, 0.3) is 0 Å². The normalized spacial score (nSPS) is 55.4. The number of hydrogen-bond donors (Lipinski definition) is 8. The SMILES string of the molecule is C[C@@H]1O[C@@H](O[C@H]2C(O)O[C@H](C)[C@H](O)[C@@H]2O[C@@H]2OC[C@@H](O)[C@H](O)[C@H]2O)[C@H](O)[C@H](O)[C@H]1O. The standard InChI is InChI=1S/C17H30O13/c1-4-7(19)10(22)12(24)17(28-4)30-14-13(8(20)5(2)27-15(14)25)29-16-11(23)9(21)6(18)3-26-16/h4-25H,3H2,1-2H3/t4-,5+,6+,7-,8-,9-,10+,11+,12+,13-,14+,15?,16-,17-/m0/s1. The molecule has 3 rings (SSSR count). The van der Waals surface area contributed by atoms with Crippen LogP contribution in [0.4, 0.5) is 0 Å². The molecule has 3 saturated heterocycles. The van der Waals surface area contributed by atoms with Gasteiger partial charge in [0.15, 0.2) is 18.9 Å². The van der Waals surface area contributed by atoms with Crippen molar-refractivity contribution in [1.82, 2.24) is 0 Å². The molecule has 3 fully saturated rings. The van der Waals surface area contributed by atoms with Gasteiger partial charge in [-0.05, 0) is 13.8 Å². The summed E-state index contributed by atoms with van der Waals surface area (Å²) in [4.78, 5) is 0. The molecule has 0 aromatic carbocycles. The summed E-state index contributed by atoms with van der Waals surface area (Å²) in [5.74, 6) is 0. The molecule has 3 aliphatic rings. The molecule has 13 heteroatoms. The van der Waals surface area contributed by atoms with E-state index >= 15 is 0 Å². The van der Waals surface area contributed by atoms with Crippen molar-refractivity contribution in [3.8, 4) is 0 Å². The van der Waals surface area contributed by atoms with Crippen molar-refractivity contribution in [2.24, 2.45) is 0 Å². The molecular weight excluding hydrogens is 412 g/mol. The first-order valence-electron chi connectivity index (χ1n) is 9.71. The number of hydrogen-bond acceptors (Lipinski definition) is 13. The predicted octanol–water partition coefficient (Wildman–Crippen LogP) is -4.88. The van der Waals surface area contributed by atoms with E-state index in [2.05, 4.69) is 0 Å². The minimum Gasteiger partial charge on any atom is -0.388 e. The Morgan fingerprint density at radius 1 is 0.600 bits per heavy atom. The zero-order valence-electron chi connectivity index (χ0n) is 16.4. The molecule has 13 nitrogen and oxygen atoms in total. The summed E-state index contributed by atoms with van der Waals surface area (Å²) < 4.78 is 26.9. The van der Waals surface area contributed by atoms with Crippen molar-refractivity contribution < 1.29 is 64.5 Å². The third-order valence-corrected chi connectivity index (χ3v) is 5.62. The van der Waals surface area contributed by atoms with E-state index in [-0.39, 0.29) is 6.61 Å². The quantitative estimate of drug-likeness (QED) is 0.206. The molecule has 14 atom stereocenters. The van der Waals surface area contributed by atoms with Crippen molar-refractivity contribution in [1.29, 1.82) is 0 Å². The van der Waals surface area contributed by atoms with E-state index in [0.717, 1.165) is 0 Å². The van der Waals surface area contributed by atoms with Crippen LogP contribution in [0.1, 0.15) is 13.8 Å². The Morgan fingerprint density at radius 3 is 1.83 bits per heavy atom. The topological polar surface area (TPSA) is 208 Å². The Bertz CT molecular complexity index is 566. The first-order chi connectivity index (χ1) is 14.0. The van der Waals surface area contributed by atoms with E-state index in [1.807, 2.05) is 0 Å². The van der Waals surface area contributed by atoms with Gasteiger partial charge in [0.2, 0.25) is 0 Å². The molecule has 0 bridgehead atoms. The highest BCUT2D eigenvalue weighted by Gasteiger charge is 2.51. The molecule has 0 aromatic rings. The van der Waals surface area contributed by atoms with Crippen molar-refractivity contribution in [3.63, 3.8) is 0 Å². The van der Waals surface area contributed by atoms with E-state index in [1.54, 1.807) is 0 Å². The summed E-state index contributed by atoms with van der Waals surface area (Å²) in [5, 5.41) is 80.3. The minimum absolute atomic E-state index is 0.349. The second kappa shape index (κ2) is 9.54. The van der Waals surface area contributed by atoms with Crippen molar-refractivity contribution in [2.45, 2.75) is 99.9 Å². The highest BCUT2D eigenvalue weighted by Crippen LogP contribution is 2.31. The molecule has 0 saturated carbocycles. The minimum atomic E-state index is -1.69. The van der Waals surface area contributed by atoms with Gasteiger partial charge in [0.05, 0.1) is 18.8 Å². The first kappa shape index (κ1) is 24.1. The number of ether oxygens (including phenoxy) is 5. The van der Waals surface area contributed by atoms with E-state index < -0.39 is 86.0 Å². The van der Waals surface area contributed by atoms with Crippen molar-refractivity contribution in [3.05, 3.63) is 0 Å². The van der Waals surface area contributed by atoms with Crippen molar-refractivity contribution >= 4 is 0 Å². The van der Waals surface area contributed by atoms with Gasteiger partial charge < -0.3 is 64.5 Å². The Morgan fingerprint density at radius 2 is 1.17 bits per heavy atom. The monoisotopic (exact) mass is 442 g/mol. The van der Waals surface area contributed by atoms with Gasteiger partial charge in [-0.1, -0.05) is 0 Å². The highest BCUT2D eigenvalue weighted by atomic mass is 16.8. The van der Waals surface area contributed by atoms with Crippen molar-refractivity contribution in [2.75, 3.05) is 6.61 Å². The summed E-state index contributed by atoms with van der Waals surface area (Å²) in [6.45, 7) is 2.54. The van der Waals surface area contributed by atoms with Gasteiger partial charge in [-0.2, -0.15) is 0 Å². The lowest BCUT2D eigenvalue weighted by atomic mass is 9.97. The molecule has 30 heavy (non-hydrogen) atoms. The molecule has 0 radical (unpaired) electrons. The van der Waals surface area contributed by atoms with Gasteiger partial charge in [0.1, 0.15) is 54.9 Å². The average molecular weight is 442 g/mol. The summed E-state index contributed by atoms with van der Waals surface area (Å²) >= 11 is 0. The second-order valence-corrected chi connectivity index (χ2v) is 7.86. The first-order valence-corrected chi connectivity index (χ1v) is 9.71. The molecule has 0 spiro atoms. The lowest BCUT2D eigenvalue weighted by molar-refractivity contribution is -0.378. The summed E-state index contributed by atoms with van der Waals surface area (Å²) in [7, 11) is 0. The van der Waals surface area contributed by atoms with Crippen LogP contribution in [0.15, 0.2) is 0 Å². The van der Waals surface area contributed by atoms with E-state index in [1.165, 1.54) is 13.8 Å². The van der Waals surface area contributed by atoms with Gasteiger partial charge in [-0.25, -0.2) is 0 Å². The van der Waals surface area contributed by atoms with Crippen LogP contribution >= 0.6 is 0 Å². The fourth-order valence-corrected chi connectivity index (χ4v) is 3.64. The summed E-state index contributed by atoms with van der Waals surface area (Å²) in [6, 6.07) is 0. The highest BCUT2D eigenvalue weighted by molar-refractivity contribution is 4.94. The molecule has 0 amide bonds. The molecule has 176 valence electrons. The zero-order chi connectivity index (χ0) is 22.3. The Labute approximate surface area is 171 Å². The smallest absolute Gasteiger partial charge is 0.187 e. The second-order valence-electron chi connectivity index (χ2n) is 7.86. The van der Waals surface area contributed by atoms with Gasteiger partial charge >= 0.3 is 0 Å². The molecule has 3 aliphatic heterocycles. The number of aliphatic hydroxyl groups is 8. The lowest BCUT2D eigenvalue weighted by Crippen LogP contribution is -2.65. The van der Waals surface area contributed by atoms with Crippen LogP contribution in [0.2, 0.25) is 0 Å². The maximum atomic E-state index is 10.5. The van der Waals surface area contributed by atoms with Crippen LogP contribution in [-0.4, -0.2) is 133 Å². The molecule has 0 aliphatic carbocycles. The Kier molecular flexibility index (Phi) is 7.67. The van der Waals surface area contributed by atoms with Gasteiger partial charge in [0.25, 0.3) is 0 Å². The van der Waals surface area contributed by atoms with Gasteiger partial charge in [0, 0.05) is 0 Å². The third kappa shape index (κ3) is 4.63. The number of rotatable bonds is 4. The molecule has 1 unspecified atom stereocenters. The third-order valence-electron chi connectivity index (χ3n) is 5.62. The van der Waals surface area contributed by atoms with E-state index in [9.17, 15) is 40.9 Å². The molecule has 3 heterocycles. The van der Waals surface area contributed by atoms with E-state index in [4.69, 9.17) is 23.7 Å². The van der Waals surface area contributed by atoms with Crippen LogP contribution < -0.4 is 0 Å². The average Bonchev–Trinajstić information content (AvgIpc) is 2.70. The predicted molar refractivity (Wildman–Crippen MR) is 92.4 cm³/mol. The fourth-order valence-electron chi connectivity index (χ4n) is 3.64. The van der Waals surface area contributed by atoms with Crippen LogP contribution in [-0.2, 0) is 23.7 Å². The Hall–Kier alpha value is -0.520. The molecule has 8 N–H and O–H groups in total. The molecular formula is C17H30O13. The van der Waals surface area contributed by atoms with Crippen LogP contribution in [0.5, 0.6) is 0 Å².